The highest BCUT2D eigenvalue weighted by Gasteiger charge is 2.23. The van der Waals surface area contributed by atoms with Crippen molar-refractivity contribution in [2.45, 2.75) is 38.7 Å². The van der Waals surface area contributed by atoms with E-state index in [0.29, 0.717) is 37.4 Å². The van der Waals surface area contributed by atoms with Gasteiger partial charge in [0.2, 0.25) is 0 Å². The number of aliphatic hydroxyl groups excluding tert-OH is 1. The van der Waals surface area contributed by atoms with Gasteiger partial charge in [0.15, 0.2) is 6.29 Å². The van der Waals surface area contributed by atoms with Crippen LogP contribution < -0.4 is 9.47 Å². The molecule has 0 spiro atoms. The first kappa shape index (κ1) is 28.0. The molecule has 0 bridgehead atoms. The molecule has 1 aliphatic rings. The number of aldehydes is 1. The monoisotopic (exact) mass is 557 g/mol. The van der Waals surface area contributed by atoms with Crippen LogP contribution in [0.15, 0.2) is 66.7 Å². The van der Waals surface area contributed by atoms with Gasteiger partial charge in [-0.15, -0.1) is 11.3 Å². The summed E-state index contributed by atoms with van der Waals surface area (Å²) in [7, 11) is 0. The molecule has 1 unspecified atom stereocenters. The number of hydrogen-bond donors (Lipinski definition) is 1. The van der Waals surface area contributed by atoms with Gasteiger partial charge >= 0.3 is 0 Å². The Morgan fingerprint density at radius 1 is 1.02 bits per heavy atom. The molecule has 1 atom stereocenters. The van der Waals surface area contributed by atoms with Gasteiger partial charge in [0.1, 0.15) is 30.0 Å². The quantitative estimate of drug-likeness (QED) is 0.146. The number of benzene rings is 3. The molecule has 0 radical (unpaired) electrons. The standard InChI is InChI=1S/C33H35NO5S/c1-23(36)7-6-19-39-29-15-12-25(21-26(29)22-35)33-31(28-8-2-3-9-30(28)40-33)32(37)24-10-13-27(14-11-24)38-20-18-34-16-4-5-17-34/h2-3,8-15,21-22,32,37H,4-7,16-20H2,1H3. The summed E-state index contributed by atoms with van der Waals surface area (Å²) in [4.78, 5) is 26.5. The molecule has 1 saturated heterocycles. The minimum Gasteiger partial charge on any atom is -0.493 e. The van der Waals surface area contributed by atoms with E-state index in [9.17, 15) is 14.7 Å². The predicted molar refractivity (Wildman–Crippen MR) is 160 cm³/mol. The third-order valence-electron chi connectivity index (χ3n) is 7.31. The van der Waals surface area contributed by atoms with Gasteiger partial charge in [0, 0.05) is 28.1 Å². The highest BCUT2D eigenvalue weighted by molar-refractivity contribution is 7.22. The Morgan fingerprint density at radius 2 is 1.80 bits per heavy atom. The number of nitrogens with zero attached hydrogens (tertiary/aromatic N) is 1. The van der Waals surface area contributed by atoms with E-state index in [-0.39, 0.29) is 5.78 Å². The number of fused-ring (bicyclic) bond motifs is 1. The first-order valence-corrected chi connectivity index (χ1v) is 14.7. The fraction of sp³-hybridized carbons (Fsp3) is 0.333. The number of ether oxygens (including phenoxy) is 2. The van der Waals surface area contributed by atoms with Crippen molar-refractivity contribution >= 4 is 33.5 Å². The Morgan fingerprint density at radius 3 is 2.55 bits per heavy atom. The minimum absolute atomic E-state index is 0.116. The van der Waals surface area contributed by atoms with E-state index < -0.39 is 6.10 Å². The fourth-order valence-corrected chi connectivity index (χ4v) is 6.41. The van der Waals surface area contributed by atoms with Crippen LogP contribution in [-0.2, 0) is 4.79 Å². The molecule has 2 heterocycles. The first-order valence-electron chi connectivity index (χ1n) is 13.9. The highest BCUT2D eigenvalue weighted by Crippen LogP contribution is 2.44. The molecule has 1 fully saturated rings. The van der Waals surface area contributed by atoms with Crippen molar-refractivity contribution in [1.82, 2.24) is 4.90 Å². The van der Waals surface area contributed by atoms with Crippen molar-refractivity contribution in [3.05, 3.63) is 83.4 Å². The Labute approximate surface area is 239 Å². The molecule has 1 aliphatic heterocycles. The zero-order valence-electron chi connectivity index (χ0n) is 22.8. The van der Waals surface area contributed by atoms with Gasteiger partial charge < -0.3 is 19.4 Å². The van der Waals surface area contributed by atoms with Crippen LogP contribution in [0.4, 0.5) is 0 Å². The fourth-order valence-electron chi connectivity index (χ4n) is 5.18. The number of ketones is 1. The average Bonchev–Trinajstić information content (AvgIpc) is 3.63. The molecule has 1 aromatic heterocycles. The second kappa shape index (κ2) is 13.2. The summed E-state index contributed by atoms with van der Waals surface area (Å²) in [6, 6.07) is 21.2. The van der Waals surface area contributed by atoms with E-state index in [1.807, 2.05) is 60.7 Å². The normalized spacial score (nSPS) is 14.3. The summed E-state index contributed by atoms with van der Waals surface area (Å²) in [6.45, 7) is 5.80. The van der Waals surface area contributed by atoms with E-state index >= 15 is 0 Å². The first-order chi connectivity index (χ1) is 19.5. The molecule has 5 rings (SSSR count). The van der Waals surface area contributed by atoms with Gasteiger partial charge in [-0.05, 0) is 92.2 Å². The van der Waals surface area contributed by atoms with Crippen LogP contribution in [0.1, 0.15) is 60.2 Å². The molecule has 0 aliphatic carbocycles. The molecule has 208 valence electrons. The van der Waals surface area contributed by atoms with Gasteiger partial charge in [0.05, 0.1) is 12.2 Å². The van der Waals surface area contributed by atoms with Crippen LogP contribution in [-0.4, -0.2) is 54.9 Å². The van der Waals surface area contributed by atoms with E-state index in [4.69, 9.17) is 9.47 Å². The molecule has 0 saturated carbocycles. The lowest BCUT2D eigenvalue weighted by atomic mass is 9.95. The maximum absolute atomic E-state index is 12.0. The van der Waals surface area contributed by atoms with Crippen LogP contribution >= 0.6 is 11.3 Å². The van der Waals surface area contributed by atoms with Gasteiger partial charge in [-0.2, -0.15) is 0 Å². The summed E-state index contributed by atoms with van der Waals surface area (Å²) in [5, 5.41) is 12.6. The summed E-state index contributed by atoms with van der Waals surface area (Å²) in [5.41, 5.74) is 2.87. The van der Waals surface area contributed by atoms with E-state index in [2.05, 4.69) is 4.90 Å². The predicted octanol–water partition coefficient (Wildman–Crippen LogP) is 6.69. The zero-order valence-corrected chi connectivity index (χ0v) is 23.6. The van der Waals surface area contributed by atoms with Gasteiger partial charge in [-0.1, -0.05) is 30.3 Å². The lowest BCUT2D eigenvalue weighted by Crippen LogP contribution is -2.25. The number of hydrogen-bond acceptors (Lipinski definition) is 7. The number of aliphatic hydroxyl groups is 1. The molecular formula is C33H35NO5S. The molecular weight excluding hydrogens is 522 g/mol. The van der Waals surface area contributed by atoms with Gasteiger partial charge in [0.25, 0.3) is 0 Å². The van der Waals surface area contributed by atoms with Crippen molar-refractivity contribution in [2.24, 2.45) is 0 Å². The molecule has 0 amide bonds. The maximum atomic E-state index is 12.0. The smallest absolute Gasteiger partial charge is 0.153 e. The Balaban J connectivity index is 1.38. The Bertz CT molecular complexity index is 1460. The SMILES string of the molecule is CC(=O)CCCOc1ccc(-c2sc3ccccc3c2C(O)c2ccc(OCCN3CCCC3)cc2)cc1C=O. The summed E-state index contributed by atoms with van der Waals surface area (Å²) >= 11 is 1.59. The van der Waals surface area contributed by atoms with Crippen molar-refractivity contribution < 1.29 is 24.2 Å². The lowest BCUT2D eigenvalue weighted by Gasteiger charge is -2.17. The average molecular weight is 558 g/mol. The molecule has 40 heavy (non-hydrogen) atoms. The third kappa shape index (κ3) is 6.61. The summed E-state index contributed by atoms with van der Waals surface area (Å²) in [6.07, 6.45) is 3.51. The Kier molecular flexibility index (Phi) is 9.26. The number of carbonyl (C=O) groups is 2. The molecule has 3 aromatic carbocycles. The zero-order chi connectivity index (χ0) is 27.9. The van der Waals surface area contributed by atoms with Crippen molar-refractivity contribution in [3.8, 4) is 21.9 Å². The molecule has 6 nitrogen and oxygen atoms in total. The topological polar surface area (TPSA) is 76.1 Å². The summed E-state index contributed by atoms with van der Waals surface area (Å²) in [5.74, 6) is 1.40. The van der Waals surface area contributed by atoms with Gasteiger partial charge in [-0.25, -0.2) is 0 Å². The van der Waals surface area contributed by atoms with Crippen LogP contribution in [0.3, 0.4) is 0 Å². The van der Waals surface area contributed by atoms with E-state index in [1.165, 1.54) is 12.8 Å². The lowest BCUT2D eigenvalue weighted by molar-refractivity contribution is -0.117. The number of thiophene rings is 1. The number of likely N-dealkylation sites (tertiary alicyclic amines) is 1. The highest BCUT2D eigenvalue weighted by atomic mass is 32.1. The minimum atomic E-state index is -0.855. The van der Waals surface area contributed by atoms with Crippen LogP contribution in [0.5, 0.6) is 11.5 Å². The number of Topliss-reactive ketones (excluding diaryl/α,β-unsaturated/α-hetero) is 1. The maximum Gasteiger partial charge on any atom is 0.153 e. The van der Waals surface area contributed by atoms with Crippen molar-refractivity contribution in [1.29, 1.82) is 0 Å². The summed E-state index contributed by atoms with van der Waals surface area (Å²) < 4.78 is 12.8. The molecule has 4 aromatic rings. The van der Waals surface area contributed by atoms with Crippen molar-refractivity contribution in [3.63, 3.8) is 0 Å². The third-order valence-corrected chi connectivity index (χ3v) is 8.54. The van der Waals surface area contributed by atoms with Crippen LogP contribution in [0, 0.1) is 0 Å². The van der Waals surface area contributed by atoms with E-state index in [1.54, 1.807) is 24.3 Å². The Hall–Kier alpha value is -3.52. The van der Waals surface area contributed by atoms with Crippen LogP contribution in [0.25, 0.3) is 20.5 Å². The molecule has 1 N–H and O–H groups in total. The van der Waals surface area contributed by atoms with Crippen molar-refractivity contribution in [2.75, 3.05) is 32.8 Å². The number of rotatable bonds is 13. The van der Waals surface area contributed by atoms with Gasteiger partial charge in [-0.3, -0.25) is 9.69 Å². The van der Waals surface area contributed by atoms with Crippen LogP contribution in [0.2, 0.25) is 0 Å². The second-order valence-electron chi connectivity index (χ2n) is 10.2. The second-order valence-corrected chi connectivity index (χ2v) is 11.3. The largest absolute Gasteiger partial charge is 0.493 e. The number of carbonyl (C=O) groups excluding carboxylic acids is 2. The van der Waals surface area contributed by atoms with E-state index in [0.717, 1.165) is 63.3 Å². The molecule has 7 heteroatoms.